The Balaban J connectivity index is 1.54. The highest BCUT2D eigenvalue weighted by Crippen LogP contribution is 2.39. The average molecular weight is 522 g/mol. The molecule has 3 rings (SSSR count). The molecule has 1 N–H and O–H groups in total. The summed E-state index contributed by atoms with van der Waals surface area (Å²) in [5.41, 5.74) is 2.83. The van der Waals surface area contributed by atoms with Crippen LogP contribution in [0.3, 0.4) is 0 Å². The molecule has 202 valence electrons. The molecule has 0 aliphatic heterocycles. The molecule has 8 heteroatoms. The van der Waals surface area contributed by atoms with Crippen LogP contribution in [0.1, 0.15) is 22.8 Å². The van der Waals surface area contributed by atoms with Crippen molar-refractivity contribution in [2.45, 2.75) is 6.10 Å². The lowest BCUT2D eigenvalue weighted by Gasteiger charge is -2.19. The van der Waals surface area contributed by atoms with E-state index in [0.29, 0.717) is 49.2 Å². The molecule has 38 heavy (non-hydrogen) atoms. The summed E-state index contributed by atoms with van der Waals surface area (Å²) in [5.74, 6) is 1.09. The maximum atomic E-state index is 12.4. The highest BCUT2D eigenvalue weighted by atomic mass is 16.7. The zero-order chi connectivity index (χ0) is 27.0. The van der Waals surface area contributed by atoms with Crippen molar-refractivity contribution < 1.29 is 33.2 Å². The number of ether oxygens (including phenoxy) is 6. The van der Waals surface area contributed by atoms with E-state index < -0.39 is 0 Å². The van der Waals surface area contributed by atoms with E-state index >= 15 is 0 Å². The van der Waals surface area contributed by atoms with Gasteiger partial charge in [-0.3, -0.25) is 4.79 Å². The lowest BCUT2D eigenvalue weighted by atomic mass is 10.0. The first-order chi connectivity index (χ1) is 18.7. The van der Waals surface area contributed by atoms with Gasteiger partial charge in [-0.2, -0.15) is 0 Å². The van der Waals surface area contributed by atoms with Gasteiger partial charge in [-0.1, -0.05) is 60.7 Å². The highest BCUT2D eigenvalue weighted by Gasteiger charge is 2.15. The van der Waals surface area contributed by atoms with Gasteiger partial charge >= 0.3 is 0 Å². The SMILES string of the molecule is COCCOCOc1c(OC)cc(/C=C/C(=O)NCCOC(c2ccccc2)c2ccccc2)cc1OC. The van der Waals surface area contributed by atoms with E-state index in [9.17, 15) is 4.79 Å². The standard InChI is InChI=1S/C30H35NO7/c1-33-18-19-36-22-38-30-26(34-2)20-23(21-27(30)35-3)14-15-28(32)31-16-17-37-29(24-10-6-4-7-11-24)25-12-8-5-9-13-25/h4-15,20-21,29H,16-19,22H2,1-3H3,(H,31,32)/b15-14+. The van der Waals surface area contributed by atoms with Crippen LogP contribution in [0.15, 0.2) is 78.9 Å². The molecule has 0 aliphatic carbocycles. The summed E-state index contributed by atoms with van der Waals surface area (Å²) in [6, 6.07) is 23.5. The van der Waals surface area contributed by atoms with E-state index in [2.05, 4.69) is 5.32 Å². The van der Waals surface area contributed by atoms with Crippen LogP contribution >= 0.6 is 0 Å². The van der Waals surface area contributed by atoms with E-state index in [1.54, 1.807) is 25.3 Å². The summed E-state index contributed by atoms with van der Waals surface area (Å²) in [5, 5.41) is 2.86. The molecule has 3 aromatic carbocycles. The molecule has 0 saturated heterocycles. The van der Waals surface area contributed by atoms with Gasteiger partial charge in [-0.15, -0.1) is 0 Å². The molecule has 0 saturated carbocycles. The zero-order valence-corrected chi connectivity index (χ0v) is 22.1. The smallest absolute Gasteiger partial charge is 0.244 e. The van der Waals surface area contributed by atoms with Gasteiger partial charge in [0.05, 0.1) is 34.0 Å². The number of nitrogens with one attached hydrogen (secondary N) is 1. The summed E-state index contributed by atoms with van der Waals surface area (Å²) in [6.45, 7) is 1.61. The van der Waals surface area contributed by atoms with Crippen molar-refractivity contribution in [3.63, 3.8) is 0 Å². The second-order valence-corrected chi connectivity index (χ2v) is 8.11. The summed E-state index contributed by atoms with van der Waals surface area (Å²) >= 11 is 0. The van der Waals surface area contributed by atoms with Crippen LogP contribution in [-0.4, -0.2) is 60.4 Å². The van der Waals surface area contributed by atoms with Crippen molar-refractivity contribution in [2.24, 2.45) is 0 Å². The molecule has 0 aliphatic rings. The first-order valence-corrected chi connectivity index (χ1v) is 12.3. The average Bonchev–Trinajstić information content (AvgIpc) is 2.96. The van der Waals surface area contributed by atoms with Crippen molar-refractivity contribution in [1.82, 2.24) is 5.32 Å². The monoisotopic (exact) mass is 521 g/mol. The summed E-state index contributed by atoms with van der Waals surface area (Å²) in [7, 11) is 4.67. The van der Waals surface area contributed by atoms with E-state index in [4.69, 9.17) is 28.4 Å². The highest BCUT2D eigenvalue weighted by molar-refractivity contribution is 5.91. The van der Waals surface area contributed by atoms with E-state index in [1.807, 2.05) is 60.7 Å². The molecule has 1 amide bonds. The van der Waals surface area contributed by atoms with Gasteiger partial charge in [0.25, 0.3) is 0 Å². The zero-order valence-electron chi connectivity index (χ0n) is 22.1. The molecule has 0 spiro atoms. The molecular formula is C30H35NO7. The van der Waals surface area contributed by atoms with Gasteiger partial charge in [0.15, 0.2) is 18.3 Å². The van der Waals surface area contributed by atoms with Gasteiger partial charge in [0.1, 0.15) is 6.10 Å². The first-order valence-electron chi connectivity index (χ1n) is 12.3. The Labute approximate surface area is 224 Å². The molecular weight excluding hydrogens is 486 g/mol. The minimum Gasteiger partial charge on any atom is -0.493 e. The first kappa shape index (κ1) is 28.7. The molecule has 0 unspecified atom stereocenters. The van der Waals surface area contributed by atoms with Crippen LogP contribution in [0.25, 0.3) is 6.08 Å². The van der Waals surface area contributed by atoms with Crippen molar-refractivity contribution >= 4 is 12.0 Å². The fourth-order valence-electron chi connectivity index (χ4n) is 3.66. The third kappa shape index (κ3) is 8.92. The van der Waals surface area contributed by atoms with Crippen molar-refractivity contribution in [3.05, 3.63) is 95.6 Å². The third-order valence-electron chi connectivity index (χ3n) is 5.52. The Morgan fingerprint density at radius 1 is 0.842 bits per heavy atom. The maximum Gasteiger partial charge on any atom is 0.244 e. The van der Waals surface area contributed by atoms with E-state index in [-0.39, 0.29) is 18.8 Å². The van der Waals surface area contributed by atoms with Crippen LogP contribution in [0, 0.1) is 0 Å². The van der Waals surface area contributed by atoms with Crippen LogP contribution in [-0.2, 0) is 19.0 Å². The van der Waals surface area contributed by atoms with Gasteiger partial charge < -0.3 is 33.7 Å². The van der Waals surface area contributed by atoms with Crippen molar-refractivity contribution in [3.8, 4) is 17.2 Å². The Morgan fingerprint density at radius 3 is 2.00 bits per heavy atom. The number of methoxy groups -OCH3 is 3. The molecule has 8 nitrogen and oxygen atoms in total. The molecule has 0 radical (unpaired) electrons. The topological polar surface area (TPSA) is 84.5 Å². The van der Waals surface area contributed by atoms with Gasteiger partial charge in [-0.25, -0.2) is 0 Å². The molecule has 0 atom stereocenters. The molecule has 0 heterocycles. The summed E-state index contributed by atoms with van der Waals surface area (Å²) in [4.78, 5) is 12.4. The molecule has 0 aromatic heterocycles. The summed E-state index contributed by atoms with van der Waals surface area (Å²) < 4.78 is 33.0. The van der Waals surface area contributed by atoms with Gasteiger partial charge in [0.2, 0.25) is 11.7 Å². The maximum absolute atomic E-state index is 12.4. The second-order valence-electron chi connectivity index (χ2n) is 8.11. The number of benzene rings is 3. The van der Waals surface area contributed by atoms with E-state index in [1.165, 1.54) is 20.3 Å². The molecule has 0 fully saturated rings. The summed E-state index contributed by atoms with van der Waals surface area (Å²) in [6.07, 6.45) is 2.92. The molecule has 0 bridgehead atoms. The number of hydrogen-bond acceptors (Lipinski definition) is 7. The predicted molar refractivity (Wildman–Crippen MR) is 146 cm³/mol. The lowest BCUT2D eigenvalue weighted by molar-refractivity contribution is -0.116. The fraction of sp³-hybridized carbons (Fsp3) is 0.300. The van der Waals surface area contributed by atoms with Gasteiger partial charge in [-0.05, 0) is 34.9 Å². The van der Waals surface area contributed by atoms with Crippen LogP contribution < -0.4 is 19.5 Å². The van der Waals surface area contributed by atoms with Crippen LogP contribution in [0.4, 0.5) is 0 Å². The lowest BCUT2D eigenvalue weighted by Crippen LogP contribution is -2.26. The molecule has 3 aromatic rings. The number of carbonyl (C=O) groups is 1. The Bertz CT molecular complexity index is 1070. The Morgan fingerprint density at radius 2 is 1.45 bits per heavy atom. The second kappa shape index (κ2) is 16.1. The van der Waals surface area contributed by atoms with E-state index in [0.717, 1.165) is 11.1 Å². The quantitative estimate of drug-likeness (QED) is 0.167. The normalized spacial score (nSPS) is 11.1. The van der Waals surface area contributed by atoms with Crippen LogP contribution in [0.2, 0.25) is 0 Å². The van der Waals surface area contributed by atoms with Crippen molar-refractivity contribution in [1.29, 1.82) is 0 Å². The largest absolute Gasteiger partial charge is 0.493 e. The minimum atomic E-state index is -0.241. The number of hydrogen-bond donors (Lipinski definition) is 1. The van der Waals surface area contributed by atoms with Gasteiger partial charge in [0, 0.05) is 19.7 Å². The number of amides is 1. The third-order valence-corrected chi connectivity index (χ3v) is 5.52. The Kier molecular flexibility index (Phi) is 12.2. The number of rotatable bonds is 16. The van der Waals surface area contributed by atoms with Crippen LogP contribution in [0.5, 0.6) is 17.2 Å². The Hall–Kier alpha value is -3.85. The predicted octanol–water partition coefficient (Wildman–Crippen LogP) is 4.64. The fourth-order valence-corrected chi connectivity index (χ4v) is 3.66. The minimum absolute atomic E-state index is 0.0190. The van der Waals surface area contributed by atoms with Crippen molar-refractivity contribution in [2.75, 3.05) is 54.5 Å². The number of carbonyl (C=O) groups excluding carboxylic acids is 1.